The van der Waals surface area contributed by atoms with E-state index in [1.54, 1.807) is 18.2 Å². The second kappa shape index (κ2) is 6.18. The molecule has 2 rings (SSSR count). The number of ether oxygens (including phenoxy) is 1. The second-order valence-corrected chi connectivity index (χ2v) is 4.18. The minimum atomic E-state index is -0.219. The van der Waals surface area contributed by atoms with Gasteiger partial charge in [0.15, 0.2) is 0 Å². The first-order valence-corrected chi connectivity index (χ1v) is 6.31. The molecule has 1 atom stereocenters. The molecule has 0 aliphatic heterocycles. The van der Waals surface area contributed by atoms with Gasteiger partial charge in [0.1, 0.15) is 11.6 Å². The van der Waals surface area contributed by atoms with E-state index in [9.17, 15) is 4.39 Å². The lowest BCUT2D eigenvalue weighted by Crippen LogP contribution is -2.10. The van der Waals surface area contributed by atoms with E-state index in [0.717, 1.165) is 0 Å². The van der Waals surface area contributed by atoms with Crippen molar-refractivity contribution in [3.8, 4) is 5.88 Å². The van der Waals surface area contributed by atoms with Gasteiger partial charge in [-0.2, -0.15) is 4.98 Å². The van der Waals surface area contributed by atoms with Crippen LogP contribution in [0, 0.1) is 5.82 Å². The molecule has 1 aromatic heterocycles. The van der Waals surface area contributed by atoms with E-state index in [2.05, 4.69) is 10.3 Å². The van der Waals surface area contributed by atoms with Gasteiger partial charge in [0, 0.05) is 11.6 Å². The Kier molecular flexibility index (Phi) is 4.34. The maximum atomic E-state index is 13.7. The van der Waals surface area contributed by atoms with E-state index in [1.807, 2.05) is 32.0 Å². The van der Waals surface area contributed by atoms with Gasteiger partial charge in [0.05, 0.1) is 12.6 Å². The zero-order chi connectivity index (χ0) is 13.7. The highest BCUT2D eigenvalue weighted by Gasteiger charge is 2.10. The van der Waals surface area contributed by atoms with Crippen molar-refractivity contribution in [3.05, 3.63) is 53.8 Å². The number of benzene rings is 1. The zero-order valence-electron chi connectivity index (χ0n) is 11.1. The summed E-state index contributed by atoms with van der Waals surface area (Å²) in [6.45, 7) is 4.37. The fourth-order valence-corrected chi connectivity index (χ4v) is 1.85. The Morgan fingerprint density at radius 1 is 1.21 bits per heavy atom. The lowest BCUT2D eigenvalue weighted by Gasteiger charge is -2.16. The van der Waals surface area contributed by atoms with Crippen LogP contribution < -0.4 is 10.1 Å². The maximum absolute atomic E-state index is 13.7. The normalized spacial score (nSPS) is 11.9. The average Bonchev–Trinajstić information content (AvgIpc) is 2.40. The lowest BCUT2D eigenvalue weighted by atomic mass is 10.1. The minimum absolute atomic E-state index is 0.162. The summed E-state index contributed by atoms with van der Waals surface area (Å²) >= 11 is 0. The van der Waals surface area contributed by atoms with Gasteiger partial charge in [-0.05, 0) is 26.0 Å². The highest BCUT2D eigenvalue weighted by atomic mass is 19.1. The van der Waals surface area contributed by atoms with Crippen molar-refractivity contribution < 1.29 is 9.13 Å². The number of nitrogens with zero attached hydrogens (tertiary/aromatic N) is 1. The first-order valence-electron chi connectivity index (χ1n) is 6.31. The third kappa shape index (κ3) is 3.44. The van der Waals surface area contributed by atoms with Gasteiger partial charge in [-0.1, -0.05) is 24.3 Å². The van der Waals surface area contributed by atoms with Crippen LogP contribution in [0.3, 0.4) is 0 Å². The molecule has 0 spiro atoms. The van der Waals surface area contributed by atoms with Crippen LogP contribution in [0.15, 0.2) is 42.5 Å². The molecule has 0 saturated heterocycles. The SMILES string of the molecule is CCOc1cccc(NC(C)c2ccccc2F)n1. The van der Waals surface area contributed by atoms with E-state index in [1.165, 1.54) is 6.07 Å². The molecule has 0 radical (unpaired) electrons. The van der Waals surface area contributed by atoms with Crippen molar-refractivity contribution in [2.75, 3.05) is 11.9 Å². The summed E-state index contributed by atoms with van der Waals surface area (Å²) in [5, 5.41) is 3.17. The predicted molar refractivity (Wildman–Crippen MR) is 73.8 cm³/mol. The van der Waals surface area contributed by atoms with E-state index < -0.39 is 0 Å². The molecule has 0 saturated carbocycles. The Morgan fingerprint density at radius 2 is 2.00 bits per heavy atom. The molecule has 0 amide bonds. The number of anilines is 1. The molecule has 1 heterocycles. The molecule has 0 bridgehead atoms. The van der Waals surface area contributed by atoms with Crippen LogP contribution in [-0.4, -0.2) is 11.6 Å². The monoisotopic (exact) mass is 260 g/mol. The molecule has 2 aromatic rings. The topological polar surface area (TPSA) is 34.1 Å². The van der Waals surface area contributed by atoms with Crippen molar-refractivity contribution in [1.29, 1.82) is 0 Å². The number of aromatic nitrogens is 1. The third-order valence-electron chi connectivity index (χ3n) is 2.75. The van der Waals surface area contributed by atoms with Crippen LogP contribution in [0.1, 0.15) is 25.5 Å². The predicted octanol–water partition coefficient (Wildman–Crippen LogP) is 3.79. The molecule has 4 heteroatoms. The molecule has 0 aliphatic rings. The largest absolute Gasteiger partial charge is 0.478 e. The maximum Gasteiger partial charge on any atom is 0.215 e. The number of rotatable bonds is 5. The van der Waals surface area contributed by atoms with Gasteiger partial charge in [-0.15, -0.1) is 0 Å². The summed E-state index contributed by atoms with van der Waals surface area (Å²) < 4.78 is 19.0. The van der Waals surface area contributed by atoms with Crippen molar-refractivity contribution in [2.45, 2.75) is 19.9 Å². The molecule has 19 heavy (non-hydrogen) atoms. The molecule has 1 unspecified atom stereocenters. The fourth-order valence-electron chi connectivity index (χ4n) is 1.85. The number of hydrogen-bond donors (Lipinski definition) is 1. The van der Waals surface area contributed by atoms with Crippen LogP contribution in [0.5, 0.6) is 5.88 Å². The number of halogens is 1. The van der Waals surface area contributed by atoms with E-state index in [4.69, 9.17) is 4.74 Å². The van der Waals surface area contributed by atoms with E-state index >= 15 is 0 Å². The van der Waals surface area contributed by atoms with Crippen molar-refractivity contribution in [1.82, 2.24) is 4.98 Å². The van der Waals surface area contributed by atoms with Crippen molar-refractivity contribution in [3.63, 3.8) is 0 Å². The first-order chi connectivity index (χ1) is 9.20. The summed E-state index contributed by atoms with van der Waals surface area (Å²) in [5.41, 5.74) is 0.617. The fraction of sp³-hybridized carbons (Fsp3) is 0.267. The molecule has 100 valence electrons. The highest BCUT2D eigenvalue weighted by Crippen LogP contribution is 2.21. The summed E-state index contributed by atoms with van der Waals surface area (Å²) in [7, 11) is 0. The van der Waals surface area contributed by atoms with Crippen LogP contribution in [-0.2, 0) is 0 Å². The first kappa shape index (κ1) is 13.3. The lowest BCUT2D eigenvalue weighted by molar-refractivity contribution is 0.327. The molecule has 0 fully saturated rings. The van der Waals surface area contributed by atoms with Gasteiger partial charge in [0.2, 0.25) is 5.88 Å². The number of pyridine rings is 1. The Balaban J connectivity index is 2.12. The summed E-state index contributed by atoms with van der Waals surface area (Å²) in [4.78, 5) is 4.30. The summed E-state index contributed by atoms with van der Waals surface area (Å²) in [5.74, 6) is 1.01. The van der Waals surface area contributed by atoms with Crippen molar-refractivity contribution >= 4 is 5.82 Å². The molecular weight excluding hydrogens is 243 g/mol. The minimum Gasteiger partial charge on any atom is -0.478 e. The van der Waals surface area contributed by atoms with Gasteiger partial charge < -0.3 is 10.1 Å². The Labute approximate surface area is 112 Å². The Bertz CT molecular complexity index is 545. The molecule has 1 aromatic carbocycles. The van der Waals surface area contributed by atoms with Crippen LogP contribution in [0.25, 0.3) is 0 Å². The Hall–Kier alpha value is -2.10. The van der Waals surface area contributed by atoms with E-state index in [-0.39, 0.29) is 11.9 Å². The summed E-state index contributed by atoms with van der Waals surface area (Å²) in [6, 6.07) is 12.0. The number of nitrogens with one attached hydrogen (secondary N) is 1. The quantitative estimate of drug-likeness (QED) is 0.888. The highest BCUT2D eigenvalue weighted by molar-refractivity contribution is 5.40. The van der Waals surface area contributed by atoms with Crippen LogP contribution in [0.4, 0.5) is 10.2 Å². The van der Waals surface area contributed by atoms with Crippen molar-refractivity contribution in [2.24, 2.45) is 0 Å². The summed E-state index contributed by atoms with van der Waals surface area (Å²) in [6.07, 6.45) is 0. The standard InChI is InChI=1S/C15H17FN2O/c1-3-19-15-10-6-9-14(18-15)17-11(2)12-7-4-5-8-13(12)16/h4-11H,3H2,1-2H3,(H,17,18). The van der Waals surface area contributed by atoms with E-state index in [0.29, 0.717) is 23.9 Å². The van der Waals surface area contributed by atoms with Crippen LogP contribution in [0.2, 0.25) is 0 Å². The third-order valence-corrected chi connectivity index (χ3v) is 2.75. The second-order valence-electron chi connectivity index (χ2n) is 4.18. The molecular formula is C15H17FN2O. The number of hydrogen-bond acceptors (Lipinski definition) is 3. The van der Waals surface area contributed by atoms with Gasteiger partial charge >= 0.3 is 0 Å². The molecule has 3 nitrogen and oxygen atoms in total. The molecule has 1 N–H and O–H groups in total. The zero-order valence-corrected chi connectivity index (χ0v) is 11.1. The van der Waals surface area contributed by atoms with Gasteiger partial charge in [0.25, 0.3) is 0 Å². The average molecular weight is 260 g/mol. The smallest absolute Gasteiger partial charge is 0.215 e. The van der Waals surface area contributed by atoms with Crippen LogP contribution >= 0.6 is 0 Å². The molecule has 0 aliphatic carbocycles. The van der Waals surface area contributed by atoms with Gasteiger partial charge in [-0.3, -0.25) is 0 Å². The van der Waals surface area contributed by atoms with Gasteiger partial charge in [-0.25, -0.2) is 4.39 Å². The Morgan fingerprint density at radius 3 is 2.74 bits per heavy atom.